The van der Waals surface area contributed by atoms with Gasteiger partial charge in [-0.3, -0.25) is 0 Å². The normalized spacial score (nSPS) is 11.2. The molecule has 0 spiro atoms. The van der Waals surface area contributed by atoms with Crippen molar-refractivity contribution in [1.29, 1.82) is 0 Å². The average Bonchev–Trinajstić information content (AvgIpc) is 2.25. The molecular weight excluding hydrogens is 218 g/mol. The Hall–Kier alpha value is -0.770. The van der Waals surface area contributed by atoms with Crippen molar-refractivity contribution >= 4 is 17.6 Å². The molecule has 1 N–H and O–H groups in total. The van der Waals surface area contributed by atoms with E-state index in [4.69, 9.17) is 0 Å². The minimum absolute atomic E-state index is 0.443. The monoisotopic (exact) mass is 239 g/mol. The Morgan fingerprint density at radius 2 is 1.94 bits per heavy atom. The van der Waals surface area contributed by atoms with Crippen LogP contribution in [-0.4, -0.2) is 22.8 Å². The Labute approximate surface area is 102 Å². The predicted molar refractivity (Wildman–Crippen MR) is 71.2 cm³/mol. The van der Waals surface area contributed by atoms with Gasteiger partial charge >= 0.3 is 0 Å². The number of hydrogen-bond donors (Lipinski definition) is 1. The molecule has 0 unspecified atom stereocenters. The van der Waals surface area contributed by atoms with Crippen molar-refractivity contribution in [2.24, 2.45) is 5.92 Å². The van der Waals surface area contributed by atoms with Crippen LogP contribution in [0.3, 0.4) is 0 Å². The quantitative estimate of drug-likeness (QED) is 0.631. The van der Waals surface area contributed by atoms with Gasteiger partial charge in [-0.1, -0.05) is 27.7 Å². The van der Waals surface area contributed by atoms with E-state index >= 15 is 0 Å². The Kier molecular flexibility index (Phi) is 5.06. The standard InChI is InChI=1S/C12H21N3S/c1-8(2)6-16-12-10(9(3)4)11(13-5)14-7-15-12/h7-9H,6H2,1-5H3,(H,13,14,15). The van der Waals surface area contributed by atoms with E-state index in [-0.39, 0.29) is 0 Å². The summed E-state index contributed by atoms with van der Waals surface area (Å²) < 4.78 is 0. The van der Waals surface area contributed by atoms with Gasteiger partial charge in [0.05, 0.1) is 0 Å². The van der Waals surface area contributed by atoms with Crippen LogP contribution in [0, 0.1) is 5.92 Å². The lowest BCUT2D eigenvalue weighted by molar-refractivity contribution is 0.746. The minimum Gasteiger partial charge on any atom is -0.373 e. The van der Waals surface area contributed by atoms with Crippen LogP contribution in [0.2, 0.25) is 0 Å². The van der Waals surface area contributed by atoms with Gasteiger partial charge in [-0.15, -0.1) is 11.8 Å². The zero-order chi connectivity index (χ0) is 12.1. The molecule has 0 aromatic carbocycles. The molecule has 3 nitrogen and oxygen atoms in total. The lowest BCUT2D eigenvalue weighted by Crippen LogP contribution is -2.05. The third kappa shape index (κ3) is 3.37. The molecule has 0 radical (unpaired) electrons. The first-order valence-electron chi connectivity index (χ1n) is 5.71. The summed E-state index contributed by atoms with van der Waals surface area (Å²) in [5.41, 5.74) is 1.23. The molecule has 1 aromatic heterocycles. The summed E-state index contributed by atoms with van der Waals surface area (Å²) in [5.74, 6) is 3.17. The number of nitrogens with zero attached hydrogens (tertiary/aromatic N) is 2. The zero-order valence-corrected chi connectivity index (χ0v) is 11.6. The molecule has 0 amide bonds. The molecule has 0 bridgehead atoms. The number of hydrogen-bond acceptors (Lipinski definition) is 4. The van der Waals surface area contributed by atoms with Crippen LogP contribution < -0.4 is 5.32 Å². The smallest absolute Gasteiger partial charge is 0.133 e. The van der Waals surface area contributed by atoms with Crippen molar-refractivity contribution in [3.05, 3.63) is 11.9 Å². The van der Waals surface area contributed by atoms with E-state index in [1.807, 2.05) is 18.8 Å². The van der Waals surface area contributed by atoms with Gasteiger partial charge in [-0.2, -0.15) is 0 Å². The summed E-state index contributed by atoms with van der Waals surface area (Å²) in [6.45, 7) is 8.81. The molecule has 16 heavy (non-hydrogen) atoms. The van der Waals surface area contributed by atoms with E-state index in [0.29, 0.717) is 11.8 Å². The van der Waals surface area contributed by atoms with E-state index in [1.54, 1.807) is 6.33 Å². The highest BCUT2D eigenvalue weighted by Gasteiger charge is 2.14. The van der Waals surface area contributed by atoms with Crippen LogP contribution in [0.25, 0.3) is 0 Å². The first-order chi connectivity index (χ1) is 7.56. The molecule has 1 aromatic rings. The van der Waals surface area contributed by atoms with Crippen molar-refractivity contribution < 1.29 is 0 Å². The second-order valence-electron chi connectivity index (χ2n) is 4.55. The van der Waals surface area contributed by atoms with Gasteiger partial charge in [-0.25, -0.2) is 9.97 Å². The Balaban J connectivity index is 2.97. The van der Waals surface area contributed by atoms with Gasteiger partial charge < -0.3 is 5.32 Å². The maximum absolute atomic E-state index is 4.39. The highest BCUT2D eigenvalue weighted by molar-refractivity contribution is 7.99. The number of nitrogens with one attached hydrogen (secondary N) is 1. The molecule has 0 aliphatic heterocycles. The van der Waals surface area contributed by atoms with E-state index in [0.717, 1.165) is 16.6 Å². The van der Waals surface area contributed by atoms with Gasteiger partial charge in [0.15, 0.2) is 0 Å². The molecular formula is C12H21N3S. The molecule has 0 fully saturated rings. The van der Waals surface area contributed by atoms with Gasteiger partial charge in [0.2, 0.25) is 0 Å². The van der Waals surface area contributed by atoms with Crippen LogP contribution in [-0.2, 0) is 0 Å². The third-order valence-electron chi connectivity index (χ3n) is 2.21. The summed E-state index contributed by atoms with van der Waals surface area (Å²) in [4.78, 5) is 8.66. The summed E-state index contributed by atoms with van der Waals surface area (Å²) in [6, 6.07) is 0. The lowest BCUT2D eigenvalue weighted by Gasteiger charge is -2.15. The predicted octanol–water partition coefficient (Wildman–Crippen LogP) is 3.39. The van der Waals surface area contributed by atoms with Gasteiger partial charge in [0, 0.05) is 18.4 Å². The van der Waals surface area contributed by atoms with Crippen LogP contribution in [0.5, 0.6) is 0 Å². The molecule has 90 valence electrons. The van der Waals surface area contributed by atoms with Crippen LogP contribution in [0.4, 0.5) is 5.82 Å². The van der Waals surface area contributed by atoms with Crippen LogP contribution in [0.1, 0.15) is 39.2 Å². The van der Waals surface area contributed by atoms with Crippen molar-refractivity contribution in [3.63, 3.8) is 0 Å². The molecule has 0 saturated heterocycles. The van der Waals surface area contributed by atoms with Gasteiger partial charge in [-0.05, 0) is 11.8 Å². The van der Waals surface area contributed by atoms with Crippen molar-refractivity contribution in [2.75, 3.05) is 18.1 Å². The average molecular weight is 239 g/mol. The molecule has 0 aliphatic rings. The van der Waals surface area contributed by atoms with E-state index in [9.17, 15) is 0 Å². The largest absolute Gasteiger partial charge is 0.373 e. The number of aromatic nitrogens is 2. The number of anilines is 1. The van der Waals surface area contributed by atoms with Crippen molar-refractivity contribution in [3.8, 4) is 0 Å². The van der Waals surface area contributed by atoms with E-state index in [1.165, 1.54) is 5.56 Å². The molecule has 1 rings (SSSR count). The highest BCUT2D eigenvalue weighted by atomic mass is 32.2. The number of thioether (sulfide) groups is 1. The third-order valence-corrected chi connectivity index (χ3v) is 3.65. The highest BCUT2D eigenvalue weighted by Crippen LogP contribution is 2.31. The van der Waals surface area contributed by atoms with Crippen LogP contribution >= 0.6 is 11.8 Å². The molecule has 0 aliphatic carbocycles. The fourth-order valence-corrected chi connectivity index (χ4v) is 2.56. The summed E-state index contributed by atoms with van der Waals surface area (Å²) >= 11 is 1.82. The Morgan fingerprint density at radius 1 is 1.25 bits per heavy atom. The maximum Gasteiger partial charge on any atom is 0.133 e. The SMILES string of the molecule is CNc1ncnc(SCC(C)C)c1C(C)C. The van der Waals surface area contributed by atoms with Gasteiger partial charge in [0.25, 0.3) is 0 Å². The number of rotatable bonds is 5. The van der Waals surface area contributed by atoms with E-state index < -0.39 is 0 Å². The molecule has 4 heteroatoms. The molecule has 1 heterocycles. The summed E-state index contributed by atoms with van der Waals surface area (Å²) in [5, 5.41) is 4.25. The fourth-order valence-electron chi connectivity index (χ4n) is 1.46. The zero-order valence-electron chi connectivity index (χ0n) is 10.7. The molecule has 0 saturated carbocycles. The second-order valence-corrected chi connectivity index (χ2v) is 5.56. The van der Waals surface area contributed by atoms with Crippen molar-refractivity contribution in [2.45, 2.75) is 38.6 Å². The minimum atomic E-state index is 0.443. The summed E-state index contributed by atoms with van der Waals surface area (Å²) in [6.07, 6.45) is 1.64. The van der Waals surface area contributed by atoms with Gasteiger partial charge in [0.1, 0.15) is 17.2 Å². The van der Waals surface area contributed by atoms with E-state index in [2.05, 4.69) is 43.0 Å². The Morgan fingerprint density at radius 3 is 2.44 bits per heavy atom. The fraction of sp³-hybridized carbons (Fsp3) is 0.667. The summed E-state index contributed by atoms with van der Waals surface area (Å²) in [7, 11) is 1.91. The first kappa shape index (κ1) is 13.3. The topological polar surface area (TPSA) is 37.8 Å². The molecule has 0 atom stereocenters. The lowest BCUT2D eigenvalue weighted by atomic mass is 10.1. The van der Waals surface area contributed by atoms with Crippen LogP contribution in [0.15, 0.2) is 11.4 Å². The first-order valence-corrected chi connectivity index (χ1v) is 6.70. The maximum atomic E-state index is 4.39. The second kappa shape index (κ2) is 6.09. The van der Waals surface area contributed by atoms with Crippen molar-refractivity contribution in [1.82, 2.24) is 9.97 Å². The Bertz CT molecular complexity index is 337.